The molecule has 156 valence electrons. The Morgan fingerprint density at radius 1 is 0.931 bits per heavy atom. The zero-order chi connectivity index (χ0) is 20.9. The van der Waals surface area contributed by atoms with Gasteiger partial charge in [0.2, 0.25) is 15.9 Å². The molecule has 1 aliphatic rings. The van der Waals surface area contributed by atoms with Gasteiger partial charge in [0.15, 0.2) is 0 Å². The number of carbonyl (C=O) groups is 1. The summed E-state index contributed by atoms with van der Waals surface area (Å²) in [5.74, 6) is -0.0895. The standard InChI is InChI=1S/C22H29N3O3S/c1-24(2)20-10-6-19(7-11-20)17-23-22(26)16-18-8-12-21(13-9-18)29(27,28)25-14-4-3-5-15-25/h6-13H,3-5,14-17H2,1-2H3,(H,23,26). The van der Waals surface area contributed by atoms with Crippen molar-refractivity contribution in [3.63, 3.8) is 0 Å². The summed E-state index contributed by atoms with van der Waals surface area (Å²) < 4.78 is 26.9. The van der Waals surface area contributed by atoms with Crippen molar-refractivity contribution in [2.24, 2.45) is 0 Å². The number of carbonyl (C=O) groups excluding carboxylic acids is 1. The fraction of sp³-hybridized carbons (Fsp3) is 0.409. The van der Waals surface area contributed by atoms with Crippen LogP contribution in [0.5, 0.6) is 0 Å². The van der Waals surface area contributed by atoms with E-state index in [0.29, 0.717) is 24.5 Å². The number of piperidine rings is 1. The van der Waals surface area contributed by atoms with Crippen molar-refractivity contribution in [2.45, 2.75) is 37.1 Å². The van der Waals surface area contributed by atoms with Crippen molar-refractivity contribution < 1.29 is 13.2 Å². The summed E-state index contributed by atoms with van der Waals surface area (Å²) >= 11 is 0. The summed E-state index contributed by atoms with van der Waals surface area (Å²) in [4.78, 5) is 14.6. The Bertz CT molecular complexity index is 917. The molecule has 0 radical (unpaired) electrons. The van der Waals surface area contributed by atoms with E-state index in [1.165, 1.54) is 0 Å². The SMILES string of the molecule is CN(C)c1ccc(CNC(=O)Cc2ccc(S(=O)(=O)N3CCCCC3)cc2)cc1. The van der Waals surface area contributed by atoms with Crippen molar-refractivity contribution in [1.82, 2.24) is 9.62 Å². The molecule has 3 rings (SSSR count). The largest absolute Gasteiger partial charge is 0.378 e. The van der Waals surface area contributed by atoms with Crippen LogP contribution >= 0.6 is 0 Å². The molecule has 1 aliphatic heterocycles. The maximum Gasteiger partial charge on any atom is 0.243 e. The third-order valence-electron chi connectivity index (χ3n) is 5.18. The summed E-state index contributed by atoms with van der Waals surface area (Å²) in [7, 11) is 0.538. The zero-order valence-corrected chi connectivity index (χ0v) is 17.9. The van der Waals surface area contributed by atoms with Crippen LogP contribution in [0.4, 0.5) is 5.69 Å². The normalized spacial score (nSPS) is 15.1. The van der Waals surface area contributed by atoms with Crippen LogP contribution in [0.1, 0.15) is 30.4 Å². The summed E-state index contributed by atoms with van der Waals surface area (Å²) in [6.45, 7) is 1.64. The van der Waals surface area contributed by atoms with Gasteiger partial charge in [-0.3, -0.25) is 4.79 Å². The highest BCUT2D eigenvalue weighted by Gasteiger charge is 2.25. The lowest BCUT2D eigenvalue weighted by molar-refractivity contribution is -0.120. The minimum Gasteiger partial charge on any atom is -0.378 e. The Hall–Kier alpha value is -2.38. The van der Waals surface area contributed by atoms with Gasteiger partial charge in [0.1, 0.15) is 0 Å². The van der Waals surface area contributed by atoms with E-state index >= 15 is 0 Å². The summed E-state index contributed by atoms with van der Waals surface area (Å²) in [5.41, 5.74) is 2.94. The molecular formula is C22H29N3O3S. The molecule has 0 saturated carbocycles. The van der Waals surface area contributed by atoms with Gasteiger partial charge in [-0.1, -0.05) is 30.7 Å². The minimum atomic E-state index is -3.43. The van der Waals surface area contributed by atoms with Crippen LogP contribution in [-0.2, 0) is 27.8 Å². The van der Waals surface area contributed by atoms with Crippen LogP contribution in [-0.4, -0.2) is 45.8 Å². The average Bonchev–Trinajstić information content (AvgIpc) is 2.73. The number of amides is 1. The lowest BCUT2D eigenvalue weighted by Gasteiger charge is -2.25. The van der Waals surface area contributed by atoms with Crippen LogP contribution in [0.3, 0.4) is 0 Å². The van der Waals surface area contributed by atoms with Crippen molar-refractivity contribution in [3.8, 4) is 0 Å². The number of rotatable bonds is 7. The molecule has 0 spiro atoms. The summed E-state index contributed by atoms with van der Waals surface area (Å²) in [6, 6.07) is 14.7. The topological polar surface area (TPSA) is 69.7 Å². The predicted octanol–water partition coefficient (Wildman–Crippen LogP) is 2.79. The Morgan fingerprint density at radius 2 is 1.52 bits per heavy atom. The first-order chi connectivity index (χ1) is 13.9. The van der Waals surface area contributed by atoms with E-state index < -0.39 is 10.0 Å². The smallest absolute Gasteiger partial charge is 0.243 e. The second-order valence-electron chi connectivity index (χ2n) is 7.62. The van der Waals surface area contributed by atoms with Gasteiger partial charge in [-0.05, 0) is 48.2 Å². The molecule has 2 aromatic rings. The molecule has 1 saturated heterocycles. The van der Waals surface area contributed by atoms with Crippen molar-refractivity contribution in [3.05, 3.63) is 59.7 Å². The van der Waals surface area contributed by atoms with Gasteiger partial charge in [0, 0.05) is 39.4 Å². The van der Waals surface area contributed by atoms with Crippen LogP contribution in [0.2, 0.25) is 0 Å². The van der Waals surface area contributed by atoms with E-state index in [-0.39, 0.29) is 12.3 Å². The Morgan fingerprint density at radius 3 is 2.10 bits per heavy atom. The quantitative estimate of drug-likeness (QED) is 0.755. The van der Waals surface area contributed by atoms with Gasteiger partial charge in [-0.2, -0.15) is 4.31 Å². The molecule has 6 nitrogen and oxygen atoms in total. The van der Waals surface area contributed by atoms with Crippen LogP contribution < -0.4 is 10.2 Å². The van der Waals surface area contributed by atoms with Gasteiger partial charge in [0.05, 0.1) is 11.3 Å². The molecule has 0 aliphatic carbocycles. The van der Waals surface area contributed by atoms with E-state index in [2.05, 4.69) is 5.32 Å². The lowest BCUT2D eigenvalue weighted by Crippen LogP contribution is -2.35. The van der Waals surface area contributed by atoms with Crippen LogP contribution in [0, 0.1) is 0 Å². The van der Waals surface area contributed by atoms with Crippen molar-refractivity contribution in [2.75, 3.05) is 32.1 Å². The zero-order valence-electron chi connectivity index (χ0n) is 17.1. The molecule has 1 amide bonds. The lowest BCUT2D eigenvalue weighted by atomic mass is 10.1. The van der Waals surface area contributed by atoms with Crippen LogP contribution in [0.15, 0.2) is 53.4 Å². The van der Waals surface area contributed by atoms with E-state index in [0.717, 1.165) is 36.1 Å². The van der Waals surface area contributed by atoms with Gasteiger partial charge in [0.25, 0.3) is 0 Å². The molecule has 7 heteroatoms. The number of nitrogens with zero attached hydrogens (tertiary/aromatic N) is 2. The second-order valence-corrected chi connectivity index (χ2v) is 9.56. The molecule has 2 aromatic carbocycles. The molecule has 0 atom stereocenters. The average molecular weight is 416 g/mol. The number of anilines is 1. The molecule has 0 unspecified atom stereocenters. The maximum atomic E-state index is 12.7. The van der Waals surface area contributed by atoms with E-state index in [4.69, 9.17) is 0 Å². The third-order valence-corrected chi connectivity index (χ3v) is 7.10. The monoisotopic (exact) mass is 415 g/mol. The molecular weight excluding hydrogens is 386 g/mol. The third kappa shape index (κ3) is 5.58. The number of sulfonamides is 1. The fourth-order valence-corrected chi connectivity index (χ4v) is 4.91. The van der Waals surface area contributed by atoms with Gasteiger partial charge in [-0.15, -0.1) is 0 Å². The van der Waals surface area contributed by atoms with Gasteiger partial charge in [-0.25, -0.2) is 8.42 Å². The number of hydrogen-bond donors (Lipinski definition) is 1. The molecule has 29 heavy (non-hydrogen) atoms. The maximum absolute atomic E-state index is 12.7. The van der Waals surface area contributed by atoms with E-state index in [1.54, 1.807) is 28.6 Å². The summed E-state index contributed by atoms with van der Waals surface area (Å²) in [6.07, 6.45) is 3.13. The van der Waals surface area contributed by atoms with E-state index in [9.17, 15) is 13.2 Å². The predicted molar refractivity (Wildman–Crippen MR) is 115 cm³/mol. The minimum absolute atomic E-state index is 0.0895. The highest BCUT2D eigenvalue weighted by atomic mass is 32.2. The first-order valence-corrected chi connectivity index (χ1v) is 11.4. The Kier molecular flexibility index (Phi) is 6.92. The van der Waals surface area contributed by atoms with Crippen molar-refractivity contribution >= 4 is 21.6 Å². The molecule has 0 aromatic heterocycles. The van der Waals surface area contributed by atoms with Crippen LogP contribution in [0.25, 0.3) is 0 Å². The first-order valence-electron chi connectivity index (χ1n) is 9.98. The van der Waals surface area contributed by atoms with Gasteiger partial charge >= 0.3 is 0 Å². The van der Waals surface area contributed by atoms with Crippen molar-refractivity contribution in [1.29, 1.82) is 0 Å². The molecule has 1 fully saturated rings. The molecule has 0 bridgehead atoms. The fourth-order valence-electron chi connectivity index (χ4n) is 3.39. The highest BCUT2D eigenvalue weighted by Crippen LogP contribution is 2.21. The highest BCUT2D eigenvalue weighted by molar-refractivity contribution is 7.89. The Labute approximate surface area is 173 Å². The van der Waals surface area contributed by atoms with E-state index in [1.807, 2.05) is 43.3 Å². The second kappa shape index (κ2) is 9.41. The number of nitrogens with one attached hydrogen (secondary N) is 1. The first kappa shape index (κ1) is 21.3. The Balaban J connectivity index is 1.54. The van der Waals surface area contributed by atoms with Gasteiger partial charge < -0.3 is 10.2 Å². The number of benzene rings is 2. The summed E-state index contributed by atoms with van der Waals surface area (Å²) in [5, 5.41) is 2.91. The molecule has 1 heterocycles. The number of hydrogen-bond acceptors (Lipinski definition) is 4. The molecule has 1 N–H and O–H groups in total.